The molecule has 0 saturated heterocycles. The van der Waals surface area contributed by atoms with Crippen LogP contribution < -0.4 is 11.3 Å². The number of aromatic nitrogens is 1. The smallest absolute Gasteiger partial charge is 0.124 e. The van der Waals surface area contributed by atoms with E-state index in [2.05, 4.69) is 39.1 Å². The van der Waals surface area contributed by atoms with E-state index in [0.717, 1.165) is 27.7 Å². The van der Waals surface area contributed by atoms with Crippen molar-refractivity contribution < 1.29 is 4.39 Å². The molecule has 0 aliphatic heterocycles. The van der Waals surface area contributed by atoms with Crippen molar-refractivity contribution in [2.45, 2.75) is 24.8 Å². The quantitative estimate of drug-likeness (QED) is 0.487. The average Bonchev–Trinajstić information content (AvgIpc) is 2.86. The molecule has 1 heterocycles. The van der Waals surface area contributed by atoms with Crippen LogP contribution in [0.4, 0.5) is 4.39 Å². The molecule has 5 heteroatoms. The Balaban J connectivity index is 1.99. The van der Waals surface area contributed by atoms with Gasteiger partial charge in [-0.15, -0.1) is 0 Å². The summed E-state index contributed by atoms with van der Waals surface area (Å²) < 4.78 is 14.1. The zero-order chi connectivity index (χ0) is 14.1. The highest BCUT2D eigenvalue weighted by molar-refractivity contribution is 14.1. The maximum absolute atomic E-state index is 13.3. The van der Waals surface area contributed by atoms with Gasteiger partial charge >= 0.3 is 0 Å². The van der Waals surface area contributed by atoms with Gasteiger partial charge in [0.1, 0.15) is 5.82 Å². The second-order valence-corrected chi connectivity index (χ2v) is 6.17. The van der Waals surface area contributed by atoms with Gasteiger partial charge in [0, 0.05) is 21.4 Å². The van der Waals surface area contributed by atoms with E-state index in [4.69, 9.17) is 5.84 Å². The Kier molecular flexibility index (Phi) is 4.00. The van der Waals surface area contributed by atoms with Gasteiger partial charge in [-0.05, 0) is 64.8 Å². The second-order valence-electron chi connectivity index (χ2n) is 5.00. The first-order valence-corrected chi connectivity index (χ1v) is 7.63. The zero-order valence-corrected chi connectivity index (χ0v) is 13.0. The predicted molar refractivity (Wildman–Crippen MR) is 84.5 cm³/mol. The molecule has 20 heavy (non-hydrogen) atoms. The Morgan fingerprint density at radius 1 is 1.40 bits per heavy atom. The molecule has 1 aliphatic carbocycles. The summed E-state index contributed by atoms with van der Waals surface area (Å²) >= 11 is 2.15. The van der Waals surface area contributed by atoms with Gasteiger partial charge in [-0.25, -0.2) is 4.39 Å². The van der Waals surface area contributed by atoms with Crippen LogP contribution in [0.5, 0.6) is 0 Å². The van der Waals surface area contributed by atoms with E-state index in [0.29, 0.717) is 0 Å². The summed E-state index contributed by atoms with van der Waals surface area (Å²) in [4.78, 5) is 4.51. The highest BCUT2D eigenvalue weighted by Gasteiger charge is 2.32. The number of nitrogens with one attached hydrogen (secondary N) is 1. The minimum atomic E-state index is -0.223. The zero-order valence-electron chi connectivity index (χ0n) is 10.8. The summed E-state index contributed by atoms with van der Waals surface area (Å²) in [5.74, 6) is 5.78. The number of fused-ring (bicyclic) bond motifs is 1. The fourth-order valence-corrected chi connectivity index (χ4v) is 3.76. The molecule has 2 atom stereocenters. The predicted octanol–water partition coefficient (Wildman–Crippen LogP) is 3.06. The summed E-state index contributed by atoms with van der Waals surface area (Å²) in [5, 5.41) is 0. The minimum Gasteiger partial charge on any atom is -0.271 e. The third-order valence-electron chi connectivity index (χ3n) is 3.88. The van der Waals surface area contributed by atoms with Crippen molar-refractivity contribution in [3.63, 3.8) is 0 Å². The van der Waals surface area contributed by atoms with Gasteiger partial charge in [-0.1, -0.05) is 12.1 Å². The summed E-state index contributed by atoms with van der Waals surface area (Å²) in [5.41, 5.74) is 6.31. The molecule has 1 aromatic heterocycles. The van der Waals surface area contributed by atoms with Crippen LogP contribution >= 0.6 is 22.6 Å². The number of pyridine rings is 1. The fourth-order valence-electron chi connectivity index (χ4n) is 2.94. The first-order valence-electron chi connectivity index (χ1n) is 6.55. The maximum atomic E-state index is 13.3. The summed E-state index contributed by atoms with van der Waals surface area (Å²) in [6.07, 6.45) is 3.85. The molecule has 0 bridgehead atoms. The molecule has 2 unspecified atom stereocenters. The lowest BCUT2D eigenvalue weighted by molar-refractivity contribution is 0.444. The number of aryl methyl sites for hydroxylation is 1. The van der Waals surface area contributed by atoms with Crippen LogP contribution in [0.15, 0.2) is 36.5 Å². The largest absolute Gasteiger partial charge is 0.271 e. The summed E-state index contributed by atoms with van der Waals surface area (Å²) in [7, 11) is 0. The summed E-state index contributed by atoms with van der Waals surface area (Å²) in [6.45, 7) is 0. The molecular formula is C15H15FIN3. The molecule has 0 fully saturated rings. The van der Waals surface area contributed by atoms with Crippen molar-refractivity contribution in [3.8, 4) is 0 Å². The van der Waals surface area contributed by atoms with Crippen LogP contribution in [0.25, 0.3) is 0 Å². The van der Waals surface area contributed by atoms with Gasteiger partial charge < -0.3 is 0 Å². The Morgan fingerprint density at radius 3 is 3.00 bits per heavy atom. The van der Waals surface area contributed by atoms with Gasteiger partial charge in [0.05, 0.1) is 6.04 Å². The first-order chi connectivity index (χ1) is 9.70. The van der Waals surface area contributed by atoms with Gasteiger partial charge in [0.25, 0.3) is 0 Å². The molecule has 0 spiro atoms. The molecule has 2 aromatic rings. The maximum Gasteiger partial charge on any atom is 0.124 e. The van der Waals surface area contributed by atoms with Crippen LogP contribution in [0.2, 0.25) is 0 Å². The van der Waals surface area contributed by atoms with Crippen LogP contribution in [0.3, 0.4) is 0 Å². The molecule has 1 aliphatic rings. The Hall–Kier alpha value is -1.05. The highest BCUT2D eigenvalue weighted by atomic mass is 127. The van der Waals surface area contributed by atoms with Crippen molar-refractivity contribution >= 4 is 22.6 Å². The fraction of sp³-hybridized carbons (Fsp3) is 0.267. The SMILES string of the molecule is NNC(c1ccc(F)cc1I)C1CCc2cccnc21. The standard InChI is InChI=1S/C15H15FIN3/c16-10-4-6-11(13(17)8-10)15(20-18)12-5-3-9-2-1-7-19-14(9)12/h1-2,4,6-8,12,15,20H,3,5,18H2. The van der Waals surface area contributed by atoms with Crippen molar-refractivity contribution in [2.75, 3.05) is 0 Å². The van der Waals surface area contributed by atoms with E-state index in [1.54, 1.807) is 0 Å². The number of hydrogen-bond acceptors (Lipinski definition) is 3. The number of hydrazine groups is 1. The lowest BCUT2D eigenvalue weighted by Gasteiger charge is -2.24. The first kappa shape index (κ1) is 13.9. The lowest BCUT2D eigenvalue weighted by Crippen LogP contribution is -2.32. The third-order valence-corrected chi connectivity index (χ3v) is 4.82. The number of benzene rings is 1. The van der Waals surface area contributed by atoms with Crippen LogP contribution in [-0.2, 0) is 6.42 Å². The Bertz CT molecular complexity index is 632. The van der Waals surface area contributed by atoms with Crippen molar-refractivity contribution in [2.24, 2.45) is 5.84 Å². The third kappa shape index (κ3) is 2.45. The van der Waals surface area contributed by atoms with Crippen molar-refractivity contribution in [1.29, 1.82) is 0 Å². The highest BCUT2D eigenvalue weighted by Crippen LogP contribution is 2.41. The molecule has 3 rings (SSSR count). The lowest BCUT2D eigenvalue weighted by atomic mass is 9.91. The van der Waals surface area contributed by atoms with Crippen LogP contribution in [0, 0.1) is 9.39 Å². The van der Waals surface area contributed by atoms with Gasteiger partial charge in [-0.3, -0.25) is 16.3 Å². The number of hydrogen-bond donors (Lipinski definition) is 2. The molecule has 0 radical (unpaired) electrons. The molecule has 0 saturated carbocycles. The van der Waals surface area contributed by atoms with E-state index < -0.39 is 0 Å². The molecular weight excluding hydrogens is 368 g/mol. The van der Waals surface area contributed by atoms with Crippen molar-refractivity contribution in [3.05, 3.63) is 62.7 Å². The molecule has 104 valence electrons. The van der Waals surface area contributed by atoms with Gasteiger partial charge in [0.15, 0.2) is 0 Å². The molecule has 0 amide bonds. The van der Waals surface area contributed by atoms with E-state index >= 15 is 0 Å². The molecule has 3 nitrogen and oxygen atoms in total. The van der Waals surface area contributed by atoms with E-state index in [-0.39, 0.29) is 17.8 Å². The summed E-state index contributed by atoms with van der Waals surface area (Å²) in [6, 6.07) is 8.87. The Labute approximate surface area is 130 Å². The normalized spacial score (nSPS) is 18.9. The monoisotopic (exact) mass is 383 g/mol. The van der Waals surface area contributed by atoms with Gasteiger partial charge in [-0.2, -0.15) is 0 Å². The number of halogens is 2. The number of nitrogens with zero attached hydrogens (tertiary/aromatic N) is 1. The average molecular weight is 383 g/mol. The topological polar surface area (TPSA) is 50.9 Å². The van der Waals surface area contributed by atoms with E-state index in [9.17, 15) is 4.39 Å². The molecule has 3 N–H and O–H groups in total. The van der Waals surface area contributed by atoms with E-state index in [1.165, 1.54) is 17.7 Å². The van der Waals surface area contributed by atoms with Crippen LogP contribution in [-0.4, -0.2) is 4.98 Å². The van der Waals surface area contributed by atoms with Gasteiger partial charge in [0.2, 0.25) is 0 Å². The minimum absolute atomic E-state index is 0.0429. The Morgan fingerprint density at radius 2 is 2.25 bits per heavy atom. The number of nitrogens with two attached hydrogens (primary N) is 1. The van der Waals surface area contributed by atoms with Crippen LogP contribution in [0.1, 0.15) is 35.2 Å². The molecule has 1 aromatic carbocycles. The number of rotatable bonds is 3. The van der Waals surface area contributed by atoms with Crippen molar-refractivity contribution in [1.82, 2.24) is 10.4 Å². The second kappa shape index (κ2) is 5.75. The van der Waals surface area contributed by atoms with E-state index in [1.807, 2.05) is 18.3 Å².